The number of aryl methyl sites for hydroxylation is 1. The van der Waals surface area contributed by atoms with Crippen LogP contribution in [0, 0.1) is 24.0 Å². The fraction of sp³-hybridized carbons (Fsp3) is 0.185. The smallest absolute Gasteiger partial charge is 0.274 e. The molecule has 0 saturated heterocycles. The standard InChI is InChI=1S/C27H25N3O4/c1-19-25(20(2)29(28-19)17-23-8-6-7-11-26(23)30(32)33)16-27(31)22-14-12-21(13-15-22)18-34-24-9-4-3-5-10-24/h3-15H,16-18H2,1-2H3. The van der Waals surface area contributed by atoms with Gasteiger partial charge in [-0.05, 0) is 31.5 Å². The Kier molecular flexibility index (Phi) is 6.82. The number of ketones is 1. The minimum absolute atomic E-state index is 0.00744. The molecule has 7 heteroatoms. The van der Waals surface area contributed by atoms with Crippen molar-refractivity contribution in [1.82, 2.24) is 9.78 Å². The van der Waals surface area contributed by atoms with Crippen molar-refractivity contribution in [3.8, 4) is 5.75 Å². The number of para-hydroxylation sites is 2. The van der Waals surface area contributed by atoms with E-state index in [1.54, 1.807) is 22.9 Å². The number of carbonyl (C=O) groups excluding carboxylic acids is 1. The Morgan fingerprint density at radius 1 is 0.971 bits per heavy atom. The summed E-state index contributed by atoms with van der Waals surface area (Å²) in [7, 11) is 0. The monoisotopic (exact) mass is 455 g/mol. The Labute approximate surface area is 197 Å². The lowest BCUT2D eigenvalue weighted by Gasteiger charge is -2.08. The first-order chi connectivity index (χ1) is 16.4. The van der Waals surface area contributed by atoms with Crippen molar-refractivity contribution >= 4 is 11.5 Å². The van der Waals surface area contributed by atoms with Gasteiger partial charge in [-0.3, -0.25) is 19.6 Å². The van der Waals surface area contributed by atoms with Crippen LogP contribution in [0.3, 0.4) is 0 Å². The second-order valence-corrected chi connectivity index (χ2v) is 8.09. The van der Waals surface area contributed by atoms with Gasteiger partial charge < -0.3 is 4.74 Å². The number of benzene rings is 3. The predicted molar refractivity (Wildman–Crippen MR) is 129 cm³/mol. The molecule has 4 aromatic rings. The molecule has 0 aliphatic carbocycles. The van der Waals surface area contributed by atoms with Crippen LogP contribution in [0.1, 0.15) is 38.4 Å². The number of nitrogens with zero attached hydrogens (tertiary/aromatic N) is 3. The normalized spacial score (nSPS) is 10.8. The van der Waals surface area contributed by atoms with Gasteiger partial charge in [-0.2, -0.15) is 5.10 Å². The van der Waals surface area contributed by atoms with Crippen molar-refractivity contribution in [1.29, 1.82) is 0 Å². The summed E-state index contributed by atoms with van der Waals surface area (Å²) in [6, 6.07) is 23.6. The van der Waals surface area contributed by atoms with E-state index in [9.17, 15) is 14.9 Å². The fourth-order valence-corrected chi connectivity index (χ4v) is 3.86. The second kappa shape index (κ2) is 10.1. The molecule has 0 atom stereocenters. The van der Waals surface area contributed by atoms with Crippen LogP contribution in [0.15, 0.2) is 78.9 Å². The van der Waals surface area contributed by atoms with Crippen molar-refractivity contribution in [2.75, 3.05) is 0 Å². The molecule has 0 amide bonds. The highest BCUT2D eigenvalue weighted by atomic mass is 16.6. The summed E-state index contributed by atoms with van der Waals surface area (Å²) in [5.41, 5.74) is 4.65. The summed E-state index contributed by atoms with van der Waals surface area (Å²) in [4.78, 5) is 23.9. The third-order valence-corrected chi connectivity index (χ3v) is 5.80. The minimum Gasteiger partial charge on any atom is -0.489 e. The topological polar surface area (TPSA) is 87.3 Å². The van der Waals surface area contributed by atoms with E-state index in [0.717, 1.165) is 28.3 Å². The molecule has 1 heterocycles. The molecule has 0 N–H and O–H groups in total. The van der Waals surface area contributed by atoms with E-state index in [0.29, 0.717) is 17.7 Å². The molecule has 0 radical (unpaired) electrons. The molecule has 3 aromatic carbocycles. The molecule has 7 nitrogen and oxygen atoms in total. The van der Waals surface area contributed by atoms with Crippen LogP contribution < -0.4 is 4.74 Å². The van der Waals surface area contributed by atoms with Gasteiger partial charge in [0.1, 0.15) is 12.4 Å². The summed E-state index contributed by atoms with van der Waals surface area (Å²) in [5, 5.41) is 15.9. The Morgan fingerprint density at radius 3 is 2.35 bits per heavy atom. The quantitative estimate of drug-likeness (QED) is 0.190. The molecule has 0 aliphatic heterocycles. The highest BCUT2D eigenvalue weighted by molar-refractivity contribution is 5.97. The number of nitro benzene ring substituents is 1. The van der Waals surface area contributed by atoms with Gasteiger partial charge in [0, 0.05) is 29.3 Å². The maximum absolute atomic E-state index is 13.0. The van der Waals surface area contributed by atoms with Crippen molar-refractivity contribution < 1.29 is 14.5 Å². The van der Waals surface area contributed by atoms with Crippen LogP contribution in [0.2, 0.25) is 0 Å². The number of nitro groups is 1. The van der Waals surface area contributed by atoms with Crippen LogP contribution in [-0.2, 0) is 19.6 Å². The van der Waals surface area contributed by atoms with Crippen LogP contribution in [0.4, 0.5) is 5.69 Å². The van der Waals surface area contributed by atoms with Gasteiger partial charge in [-0.1, -0.05) is 60.7 Å². The average Bonchev–Trinajstić information content (AvgIpc) is 3.11. The van der Waals surface area contributed by atoms with Crippen LogP contribution >= 0.6 is 0 Å². The summed E-state index contributed by atoms with van der Waals surface area (Å²) in [6.07, 6.45) is 0.217. The Morgan fingerprint density at radius 2 is 1.65 bits per heavy atom. The Balaban J connectivity index is 1.44. The maximum Gasteiger partial charge on any atom is 0.274 e. The minimum atomic E-state index is -0.389. The number of ether oxygens (including phenoxy) is 1. The maximum atomic E-state index is 13.0. The lowest BCUT2D eigenvalue weighted by Crippen LogP contribution is -2.08. The molecule has 0 bridgehead atoms. The van der Waals surface area contributed by atoms with E-state index in [1.165, 1.54) is 6.07 Å². The first-order valence-corrected chi connectivity index (χ1v) is 11.0. The van der Waals surface area contributed by atoms with Crippen molar-refractivity contribution in [2.24, 2.45) is 0 Å². The molecule has 1 aromatic heterocycles. The summed E-state index contributed by atoms with van der Waals surface area (Å²) >= 11 is 0. The number of Topliss-reactive ketones (excluding diaryl/α,β-unsaturated/α-hetero) is 1. The summed E-state index contributed by atoms with van der Waals surface area (Å²) < 4.78 is 7.48. The van der Waals surface area contributed by atoms with Gasteiger partial charge in [-0.15, -0.1) is 0 Å². The molecule has 0 aliphatic rings. The van der Waals surface area contributed by atoms with E-state index in [4.69, 9.17) is 4.74 Å². The molecule has 0 unspecified atom stereocenters. The second-order valence-electron chi connectivity index (χ2n) is 8.09. The summed E-state index contributed by atoms with van der Waals surface area (Å²) in [6.45, 7) is 4.44. The van der Waals surface area contributed by atoms with Gasteiger partial charge >= 0.3 is 0 Å². The molecule has 4 rings (SSSR count). The summed E-state index contributed by atoms with van der Waals surface area (Å²) in [5.74, 6) is 0.790. The number of rotatable bonds is 9. The Hall–Kier alpha value is -4.26. The van der Waals surface area contributed by atoms with E-state index >= 15 is 0 Å². The van der Waals surface area contributed by atoms with Gasteiger partial charge in [0.2, 0.25) is 0 Å². The molecular formula is C27H25N3O4. The van der Waals surface area contributed by atoms with Crippen LogP contribution in [-0.4, -0.2) is 20.5 Å². The molecular weight excluding hydrogens is 430 g/mol. The van der Waals surface area contributed by atoms with E-state index in [2.05, 4.69) is 5.10 Å². The lowest BCUT2D eigenvalue weighted by molar-refractivity contribution is -0.385. The number of carbonyl (C=O) groups is 1. The van der Waals surface area contributed by atoms with Gasteiger partial charge in [0.25, 0.3) is 5.69 Å². The molecule has 0 spiro atoms. The van der Waals surface area contributed by atoms with Crippen molar-refractivity contribution in [3.63, 3.8) is 0 Å². The fourth-order valence-electron chi connectivity index (χ4n) is 3.86. The largest absolute Gasteiger partial charge is 0.489 e. The number of hydrogen-bond donors (Lipinski definition) is 0. The zero-order valence-electron chi connectivity index (χ0n) is 19.1. The van der Waals surface area contributed by atoms with Gasteiger partial charge in [-0.25, -0.2) is 0 Å². The van der Waals surface area contributed by atoms with E-state index in [1.807, 2.05) is 68.4 Å². The third-order valence-electron chi connectivity index (χ3n) is 5.80. The highest BCUT2D eigenvalue weighted by Crippen LogP contribution is 2.22. The zero-order chi connectivity index (χ0) is 24.1. The van der Waals surface area contributed by atoms with E-state index < -0.39 is 0 Å². The van der Waals surface area contributed by atoms with Gasteiger partial charge in [0.05, 0.1) is 22.7 Å². The van der Waals surface area contributed by atoms with E-state index in [-0.39, 0.29) is 29.4 Å². The lowest BCUT2D eigenvalue weighted by atomic mass is 10.0. The predicted octanol–water partition coefficient (Wildman–Crippen LogP) is 5.46. The van der Waals surface area contributed by atoms with Crippen LogP contribution in [0.5, 0.6) is 5.75 Å². The SMILES string of the molecule is Cc1nn(Cc2ccccc2[N+](=O)[O-])c(C)c1CC(=O)c1ccc(COc2ccccc2)cc1. The molecule has 34 heavy (non-hydrogen) atoms. The molecule has 0 saturated carbocycles. The first-order valence-electron chi connectivity index (χ1n) is 11.0. The third kappa shape index (κ3) is 5.20. The number of aromatic nitrogens is 2. The van der Waals surface area contributed by atoms with Crippen LogP contribution in [0.25, 0.3) is 0 Å². The molecule has 0 fully saturated rings. The average molecular weight is 456 g/mol. The zero-order valence-corrected chi connectivity index (χ0v) is 19.1. The Bertz CT molecular complexity index is 1310. The number of hydrogen-bond acceptors (Lipinski definition) is 5. The first kappa shape index (κ1) is 22.9. The highest BCUT2D eigenvalue weighted by Gasteiger charge is 2.19. The van der Waals surface area contributed by atoms with Crippen molar-refractivity contribution in [2.45, 2.75) is 33.4 Å². The van der Waals surface area contributed by atoms with Gasteiger partial charge in [0.15, 0.2) is 5.78 Å². The molecule has 172 valence electrons. The van der Waals surface area contributed by atoms with Crippen molar-refractivity contribution in [3.05, 3.63) is 123 Å².